The van der Waals surface area contributed by atoms with Gasteiger partial charge in [0.25, 0.3) is 11.8 Å². The molecule has 0 spiro atoms. The van der Waals surface area contributed by atoms with E-state index in [2.05, 4.69) is 10.3 Å². The van der Waals surface area contributed by atoms with Crippen LogP contribution in [0.5, 0.6) is 0 Å². The number of carbonyl (C=O) groups excluding carboxylic acids is 2. The molecule has 0 saturated carbocycles. The Morgan fingerprint density at radius 2 is 1.53 bits per heavy atom. The van der Waals surface area contributed by atoms with Crippen molar-refractivity contribution in [2.45, 2.75) is 6.18 Å². The highest BCUT2D eigenvalue weighted by atomic mass is 79.9. The largest absolute Gasteiger partial charge is 0.416 e. The fourth-order valence-electron chi connectivity index (χ4n) is 3.59. The minimum absolute atomic E-state index is 0. The third-order valence-electron chi connectivity index (χ3n) is 5.14. The van der Waals surface area contributed by atoms with E-state index in [0.29, 0.717) is 33.2 Å². The Labute approximate surface area is 206 Å². The second-order valence-electron chi connectivity index (χ2n) is 7.28. The molecule has 5 rings (SSSR count). The normalized spacial score (nSPS) is 13.0. The molecule has 0 radical (unpaired) electrons. The van der Waals surface area contributed by atoms with Gasteiger partial charge in [-0.15, -0.1) is 28.3 Å². The number of aromatic nitrogens is 1. The summed E-state index contributed by atoms with van der Waals surface area (Å²) in [5, 5.41) is 5.05. The number of thiazole rings is 1. The summed E-state index contributed by atoms with van der Waals surface area (Å²) in [6.07, 6.45) is -4.43. The Hall–Kier alpha value is -3.50. The third kappa shape index (κ3) is 4.34. The van der Waals surface area contributed by atoms with Crippen molar-refractivity contribution in [1.82, 2.24) is 4.98 Å². The number of hydrogen-bond acceptors (Lipinski definition) is 5. The molecule has 172 valence electrons. The first kappa shape index (κ1) is 23.7. The van der Waals surface area contributed by atoms with Gasteiger partial charge in [-0.3, -0.25) is 9.59 Å². The summed E-state index contributed by atoms with van der Waals surface area (Å²) in [6, 6.07) is 18.4. The molecule has 0 saturated heterocycles. The SMILES string of the molecule is Br.O=C1c2ccccc2C(=O)N1c1cccc(-c2csc(Nc3cccc(C(F)(F)F)c3)n2)c1. The Balaban J connectivity index is 0.00000274. The number of amides is 2. The van der Waals surface area contributed by atoms with Crippen LogP contribution in [-0.4, -0.2) is 16.8 Å². The van der Waals surface area contributed by atoms with E-state index in [1.807, 2.05) is 0 Å². The third-order valence-corrected chi connectivity index (χ3v) is 5.90. The zero-order valence-electron chi connectivity index (χ0n) is 17.2. The van der Waals surface area contributed by atoms with Gasteiger partial charge in [-0.05, 0) is 42.5 Å². The summed E-state index contributed by atoms with van der Waals surface area (Å²) in [5.41, 5.74) is 1.87. The van der Waals surface area contributed by atoms with Crippen LogP contribution in [0.25, 0.3) is 11.3 Å². The van der Waals surface area contributed by atoms with Crippen molar-refractivity contribution in [3.05, 3.63) is 94.9 Å². The Bertz CT molecular complexity index is 1370. The van der Waals surface area contributed by atoms with Crippen LogP contribution < -0.4 is 10.2 Å². The molecular weight excluding hydrogens is 531 g/mol. The molecule has 0 fully saturated rings. The average Bonchev–Trinajstić information content (AvgIpc) is 3.36. The van der Waals surface area contributed by atoms with Crippen molar-refractivity contribution >= 4 is 56.6 Å². The number of halogens is 4. The molecule has 0 aliphatic carbocycles. The average molecular weight is 546 g/mol. The number of imide groups is 1. The molecule has 1 aliphatic rings. The van der Waals surface area contributed by atoms with Crippen molar-refractivity contribution in [3.8, 4) is 11.3 Å². The number of hydrogen-bond donors (Lipinski definition) is 1. The fourth-order valence-corrected chi connectivity index (χ4v) is 4.33. The second-order valence-corrected chi connectivity index (χ2v) is 8.14. The van der Waals surface area contributed by atoms with Gasteiger partial charge in [0.2, 0.25) is 0 Å². The summed E-state index contributed by atoms with van der Waals surface area (Å²) in [6.45, 7) is 0. The maximum absolute atomic E-state index is 12.9. The number of alkyl halides is 3. The second kappa shape index (κ2) is 9.03. The number of nitrogens with one attached hydrogen (secondary N) is 1. The highest BCUT2D eigenvalue weighted by molar-refractivity contribution is 8.93. The van der Waals surface area contributed by atoms with Crippen molar-refractivity contribution < 1.29 is 22.8 Å². The van der Waals surface area contributed by atoms with Crippen molar-refractivity contribution in [2.24, 2.45) is 0 Å². The predicted molar refractivity (Wildman–Crippen MR) is 130 cm³/mol. The first-order chi connectivity index (χ1) is 15.8. The van der Waals surface area contributed by atoms with Crippen LogP contribution in [0, 0.1) is 0 Å². The summed E-state index contributed by atoms with van der Waals surface area (Å²) >= 11 is 1.23. The van der Waals surface area contributed by atoms with Crippen LogP contribution in [0.1, 0.15) is 26.3 Å². The lowest BCUT2D eigenvalue weighted by atomic mass is 10.1. The Morgan fingerprint density at radius 3 is 2.21 bits per heavy atom. The Kier molecular flexibility index (Phi) is 6.28. The summed E-state index contributed by atoms with van der Waals surface area (Å²) in [7, 11) is 0. The highest BCUT2D eigenvalue weighted by Gasteiger charge is 2.36. The van der Waals surface area contributed by atoms with E-state index in [9.17, 15) is 22.8 Å². The smallest absolute Gasteiger partial charge is 0.332 e. The molecular formula is C24H15BrF3N3O2S. The van der Waals surface area contributed by atoms with E-state index in [-0.39, 0.29) is 22.7 Å². The fraction of sp³-hybridized carbons (Fsp3) is 0.0417. The maximum Gasteiger partial charge on any atom is 0.416 e. The number of anilines is 3. The highest BCUT2D eigenvalue weighted by Crippen LogP contribution is 2.34. The van der Waals surface area contributed by atoms with Gasteiger partial charge in [-0.2, -0.15) is 13.2 Å². The van der Waals surface area contributed by atoms with E-state index in [4.69, 9.17) is 0 Å². The number of nitrogens with zero attached hydrogens (tertiary/aromatic N) is 2. The van der Waals surface area contributed by atoms with Gasteiger partial charge in [0.05, 0.1) is 28.1 Å². The minimum Gasteiger partial charge on any atom is -0.332 e. The molecule has 2 amide bonds. The molecule has 2 heterocycles. The summed E-state index contributed by atoms with van der Waals surface area (Å²) in [4.78, 5) is 31.1. The van der Waals surface area contributed by atoms with E-state index in [1.54, 1.807) is 53.9 Å². The van der Waals surface area contributed by atoms with E-state index < -0.39 is 23.6 Å². The summed E-state index contributed by atoms with van der Waals surface area (Å²) in [5.74, 6) is -0.782. The van der Waals surface area contributed by atoms with Gasteiger partial charge in [0.1, 0.15) is 0 Å². The molecule has 3 aromatic carbocycles. The van der Waals surface area contributed by atoms with Gasteiger partial charge in [-0.25, -0.2) is 9.88 Å². The minimum atomic E-state index is -4.43. The lowest BCUT2D eigenvalue weighted by molar-refractivity contribution is -0.137. The van der Waals surface area contributed by atoms with Crippen LogP contribution >= 0.6 is 28.3 Å². The van der Waals surface area contributed by atoms with E-state index in [1.165, 1.54) is 23.5 Å². The van der Waals surface area contributed by atoms with Gasteiger partial charge in [0, 0.05) is 16.6 Å². The van der Waals surface area contributed by atoms with Gasteiger partial charge in [-0.1, -0.05) is 30.3 Å². The molecule has 0 atom stereocenters. The molecule has 10 heteroatoms. The van der Waals surface area contributed by atoms with Gasteiger partial charge >= 0.3 is 6.18 Å². The molecule has 1 aliphatic heterocycles. The molecule has 1 aromatic heterocycles. The molecule has 0 bridgehead atoms. The number of fused-ring (bicyclic) bond motifs is 1. The lowest BCUT2D eigenvalue weighted by Crippen LogP contribution is -2.29. The van der Waals surface area contributed by atoms with Crippen LogP contribution in [0.3, 0.4) is 0 Å². The van der Waals surface area contributed by atoms with E-state index in [0.717, 1.165) is 17.0 Å². The van der Waals surface area contributed by atoms with E-state index >= 15 is 0 Å². The lowest BCUT2D eigenvalue weighted by Gasteiger charge is -2.14. The van der Waals surface area contributed by atoms with Crippen molar-refractivity contribution in [2.75, 3.05) is 10.2 Å². The Morgan fingerprint density at radius 1 is 0.853 bits per heavy atom. The maximum atomic E-state index is 12.9. The molecule has 5 nitrogen and oxygen atoms in total. The van der Waals surface area contributed by atoms with Crippen LogP contribution in [0.2, 0.25) is 0 Å². The van der Waals surface area contributed by atoms with Crippen LogP contribution in [0.4, 0.5) is 29.7 Å². The molecule has 0 unspecified atom stereocenters. The molecule has 4 aromatic rings. The number of rotatable bonds is 4. The predicted octanol–water partition coefficient (Wildman–Crippen LogP) is 6.95. The topological polar surface area (TPSA) is 62.3 Å². The number of carbonyl (C=O) groups is 2. The zero-order valence-corrected chi connectivity index (χ0v) is 19.7. The number of benzene rings is 3. The van der Waals surface area contributed by atoms with Gasteiger partial charge < -0.3 is 5.32 Å². The zero-order chi connectivity index (χ0) is 23.2. The van der Waals surface area contributed by atoms with Crippen LogP contribution in [-0.2, 0) is 6.18 Å². The van der Waals surface area contributed by atoms with Crippen molar-refractivity contribution in [1.29, 1.82) is 0 Å². The quantitative estimate of drug-likeness (QED) is 0.282. The molecule has 34 heavy (non-hydrogen) atoms. The van der Waals surface area contributed by atoms with Crippen LogP contribution in [0.15, 0.2) is 78.2 Å². The first-order valence-corrected chi connectivity index (χ1v) is 10.7. The standard InChI is InChI=1S/C24H14F3N3O2S.BrH/c25-24(26,27)15-6-4-7-16(12-15)28-23-29-20(13-33-23)14-5-3-8-17(11-14)30-21(31)18-9-1-2-10-19(18)22(30)32;/h1-13H,(H,28,29);1H. The van der Waals surface area contributed by atoms with Crippen molar-refractivity contribution in [3.63, 3.8) is 0 Å². The first-order valence-electron chi connectivity index (χ1n) is 9.79. The van der Waals surface area contributed by atoms with Gasteiger partial charge in [0.15, 0.2) is 5.13 Å². The molecule has 1 N–H and O–H groups in total. The summed E-state index contributed by atoms with van der Waals surface area (Å²) < 4.78 is 38.8. The monoisotopic (exact) mass is 545 g/mol.